The number of para-hydroxylation sites is 1. The molecule has 1 aliphatic heterocycles. The third kappa shape index (κ3) is 3.41. The Morgan fingerprint density at radius 3 is 2.30 bits per heavy atom. The van der Waals surface area contributed by atoms with Gasteiger partial charge in [-0.1, -0.05) is 18.2 Å². The number of aromatic nitrogens is 2. The summed E-state index contributed by atoms with van der Waals surface area (Å²) in [6.07, 6.45) is 1.79. The van der Waals surface area contributed by atoms with E-state index in [1.54, 1.807) is 18.5 Å². The van der Waals surface area contributed by atoms with Crippen molar-refractivity contribution in [3.8, 4) is 5.69 Å². The summed E-state index contributed by atoms with van der Waals surface area (Å²) in [5, 5.41) is 0. The maximum atomic E-state index is 13.1. The van der Waals surface area contributed by atoms with Gasteiger partial charge in [-0.2, -0.15) is 0 Å². The summed E-state index contributed by atoms with van der Waals surface area (Å²) in [5.41, 5.74) is 4.44. The fourth-order valence-corrected chi connectivity index (χ4v) is 3.94. The third-order valence-electron chi connectivity index (χ3n) is 5.59. The molecule has 2 heterocycles. The van der Waals surface area contributed by atoms with Crippen LogP contribution in [0.1, 0.15) is 10.4 Å². The second-order valence-corrected chi connectivity index (χ2v) is 7.41. The lowest BCUT2D eigenvalue weighted by atomic mass is 10.1. The zero-order chi connectivity index (χ0) is 20.5. The molecule has 0 spiro atoms. The van der Waals surface area contributed by atoms with E-state index in [2.05, 4.69) is 9.88 Å². The van der Waals surface area contributed by atoms with Crippen molar-refractivity contribution in [2.45, 2.75) is 0 Å². The number of fused-ring (bicyclic) bond motifs is 1. The Labute approximate surface area is 174 Å². The molecule has 5 nitrogen and oxygen atoms in total. The molecule has 0 radical (unpaired) electrons. The number of carbonyl (C=O) groups is 1. The minimum Gasteiger partial charge on any atom is -0.368 e. The molecule has 0 bridgehead atoms. The highest BCUT2D eigenvalue weighted by Crippen LogP contribution is 2.22. The lowest BCUT2D eigenvalue weighted by molar-refractivity contribution is 0.0747. The first-order valence-corrected chi connectivity index (χ1v) is 10.0. The van der Waals surface area contributed by atoms with E-state index in [1.807, 2.05) is 58.0 Å². The molecular weight excluding hydrogens is 379 g/mol. The van der Waals surface area contributed by atoms with Gasteiger partial charge in [0, 0.05) is 43.1 Å². The Kier molecular flexibility index (Phi) is 4.67. The molecule has 5 rings (SSSR count). The van der Waals surface area contributed by atoms with Gasteiger partial charge < -0.3 is 9.80 Å². The molecule has 4 aromatic rings. The Morgan fingerprint density at radius 1 is 0.833 bits per heavy atom. The van der Waals surface area contributed by atoms with Crippen LogP contribution in [0.25, 0.3) is 16.7 Å². The quantitative estimate of drug-likeness (QED) is 0.519. The molecule has 0 saturated carbocycles. The van der Waals surface area contributed by atoms with Crippen LogP contribution in [0.15, 0.2) is 79.1 Å². The van der Waals surface area contributed by atoms with E-state index >= 15 is 0 Å². The molecule has 30 heavy (non-hydrogen) atoms. The van der Waals surface area contributed by atoms with E-state index in [0.717, 1.165) is 35.5 Å². The molecule has 1 fully saturated rings. The number of carbonyl (C=O) groups excluding carboxylic acids is 1. The number of imidazole rings is 1. The molecule has 3 aromatic carbocycles. The predicted molar refractivity (Wildman–Crippen MR) is 116 cm³/mol. The molecule has 1 saturated heterocycles. The standard InChI is InChI=1S/C24H21FN4O/c25-19-7-9-20(10-8-19)27-12-14-28(15-13-27)24(30)18-6-11-23-22(16-18)26-17-29(23)21-4-2-1-3-5-21/h1-11,16-17H,12-15H2. The number of anilines is 1. The molecule has 1 aliphatic rings. The SMILES string of the molecule is O=C(c1ccc2c(c1)ncn2-c1ccccc1)N1CCN(c2ccc(F)cc2)CC1. The van der Waals surface area contributed by atoms with Crippen molar-refractivity contribution >= 4 is 22.6 Å². The van der Waals surface area contributed by atoms with Crippen molar-refractivity contribution in [1.29, 1.82) is 0 Å². The summed E-state index contributed by atoms with van der Waals surface area (Å²) in [7, 11) is 0. The van der Waals surface area contributed by atoms with Gasteiger partial charge in [0.1, 0.15) is 12.1 Å². The van der Waals surface area contributed by atoms with E-state index in [1.165, 1.54) is 12.1 Å². The first kappa shape index (κ1) is 18.4. The molecule has 1 aromatic heterocycles. The highest BCUT2D eigenvalue weighted by molar-refractivity contribution is 5.97. The fourth-order valence-electron chi connectivity index (χ4n) is 3.94. The Balaban J connectivity index is 1.31. The van der Waals surface area contributed by atoms with E-state index in [9.17, 15) is 9.18 Å². The molecule has 0 N–H and O–H groups in total. The first-order chi connectivity index (χ1) is 14.7. The van der Waals surface area contributed by atoms with Gasteiger partial charge in [0.15, 0.2) is 0 Å². The average Bonchev–Trinajstić information content (AvgIpc) is 3.23. The largest absolute Gasteiger partial charge is 0.368 e. The van der Waals surface area contributed by atoms with Gasteiger partial charge in [-0.15, -0.1) is 0 Å². The van der Waals surface area contributed by atoms with Crippen LogP contribution < -0.4 is 4.90 Å². The molecular formula is C24H21FN4O. The first-order valence-electron chi connectivity index (χ1n) is 10.0. The van der Waals surface area contributed by atoms with Gasteiger partial charge in [0.05, 0.1) is 11.0 Å². The second-order valence-electron chi connectivity index (χ2n) is 7.41. The van der Waals surface area contributed by atoms with Gasteiger partial charge in [0.25, 0.3) is 5.91 Å². The summed E-state index contributed by atoms with van der Waals surface area (Å²) in [6, 6.07) is 22.2. The van der Waals surface area contributed by atoms with Crippen molar-refractivity contribution < 1.29 is 9.18 Å². The third-order valence-corrected chi connectivity index (χ3v) is 5.59. The maximum absolute atomic E-state index is 13.1. The van der Waals surface area contributed by atoms with Crippen LogP contribution in [0.2, 0.25) is 0 Å². The topological polar surface area (TPSA) is 41.4 Å². The van der Waals surface area contributed by atoms with E-state index in [-0.39, 0.29) is 11.7 Å². The predicted octanol–water partition coefficient (Wildman–Crippen LogP) is 4.13. The molecule has 0 aliphatic carbocycles. The number of halogens is 1. The summed E-state index contributed by atoms with van der Waals surface area (Å²) in [4.78, 5) is 21.6. The minimum absolute atomic E-state index is 0.0184. The van der Waals surface area contributed by atoms with Crippen molar-refractivity contribution in [3.63, 3.8) is 0 Å². The molecule has 6 heteroatoms. The van der Waals surface area contributed by atoms with Crippen LogP contribution in [-0.2, 0) is 0 Å². The number of piperazine rings is 1. The van der Waals surface area contributed by atoms with Crippen LogP contribution in [0.3, 0.4) is 0 Å². The fraction of sp³-hybridized carbons (Fsp3) is 0.167. The lowest BCUT2D eigenvalue weighted by Gasteiger charge is -2.36. The van der Waals surface area contributed by atoms with Gasteiger partial charge in [-0.25, -0.2) is 9.37 Å². The lowest BCUT2D eigenvalue weighted by Crippen LogP contribution is -2.48. The molecule has 1 amide bonds. The van der Waals surface area contributed by atoms with Crippen molar-refractivity contribution in [2.75, 3.05) is 31.1 Å². The van der Waals surface area contributed by atoms with Crippen LogP contribution in [0.4, 0.5) is 10.1 Å². The van der Waals surface area contributed by atoms with Crippen molar-refractivity contribution in [1.82, 2.24) is 14.5 Å². The molecule has 150 valence electrons. The van der Waals surface area contributed by atoms with E-state index in [0.29, 0.717) is 18.7 Å². The normalized spacial score (nSPS) is 14.3. The monoisotopic (exact) mass is 400 g/mol. The van der Waals surface area contributed by atoms with Crippen LogP contribution in [0.5, 0.6) is 0 Å². The van der Waals surface area contributed by atoms with Gasteiger partial charge in [0.2, 0.25) is 0 Å². The summed E-state index contributed by atoms with van der Waals surface area (Å²) < 4.78 is 15.2. The summed E-state index contributed by atoms with van der Waals surface area (Å²) in [5.74, 6) is -0.220. The Hall–Kier alpha value is -3.67. The van der Waals surface area contributed by atoms with Crippen molar-refractivity contribution in [3.05, 3.63) is 90.5 Å². The minimum atomic E-state index is -0.238. The van der Waals surface area contributed by atoms with E-state index in [4.69, 9.17) is 0 Å². The molecule has 0 atom stereocenters. The van der Waals surface area contributed by atoms with Gasteiger partial charge >= 0.3 is 0 Å². The maximum Gasteiger partial charge on any atom is 0.254 e. The number of hydrogen-bond acceptors (Lipinski definition) is 3. The highest BCUT2D eigenvalue weighted by atomic mass is 19.1. The zero-order valence-electron chi connectivity index (χ0n) is 16.4. The summed E-state index contributed by atoms with van der Waals surface area (Å²) >= 11 is 0. The van der Waals surface area contributed by atoms with Crippen molar-refractivity contribution in [2.24, 2.45) is 0 Å². The number of hydrogen-bond donors (Lipinski definition) is 0. The van der Waals surface area contributed by atoms with Crippen LogP contribution in [0, 0.1) is 5.82 Å². The number of amides is 1. The second kappa shape index (κ2) is 7.63. The Bertz CT molecular complexity index is 1180. The number of nitrogens with zero attached hydrogens (tertiary/aromatic N) is 4. The molecule has 0 unspecified atom stereocenters. The van der Waals surface area contributed by atoms with Gasteiger partial charge in [-0.3, -0.25) is 9.36 Å². The number of benzene rings is 3. The summed E-state index contributed by atoms with van der Waals surface area (Å²) in [6.45, 7) is 2.71. The van der Waals surface area contributed by atoms with Gasteiger partial charge in [-0.05, 0) is 54.6 Å². The smallest absolute Gasteiger partial charge is 0.254 e. The highest BCUT2D eigenvalue weighted by Gasteiger charge is 2.23. The average molecular weight is 400 g/mol. The number of rotatable bonds is 3. The van der Waals surface area contributed by atoms with Crippen LogP contribution in [-0.4, -0.2) is 46.5 Å². The van der Waals surface area contributed by atoms with E-state index < -0.39 is 0 Å². The Morgan fingerprint density at radius 2 is 1.57 bits per heavy atom. The van der Waals surface area contributed by atoms with Crippen LogP contribution >= 0.6 is 0 Å². The zero-order valence-corrected chi connectivity index (χ0v) is 16.4.